The second-order valence-electron chi connectivity index (χ2n) is 8.85. The van der Waals surface area contributed by atoms with Gasteiger partial charge in [-0.2, -0.15) is 22.0 Å². The number of hydrogen-bond acceptors (Lipinski definition) is 6. The zero-order valence-corrected chi connectivity index (χ0v) is 18.2. The molecule has 0 aromatic rings. The van der Waals surface area contributed by atoms with Gasteiger partial charge in [0.15, 0.2) is 5.60 Å². The second-order valence-corrected chi connectivity index (χ2v) is 8.85. The standard InChI is InChI=1S/C20H28F7N5O2/c21-12-1-3-14(15(22)5-12)18(33,9-29-10-28)19(23,24)16-4-2-13(8-30-16)34-17-31-6-11(7-32-17)20(25,26)27/h10-15,33H,1-9H2,(H2,28,29)(H,31,32). The van der Waals surface area contributed by atoms with E-state index in [9.17, 15) is 27.1 Å². The van der Waals surface area contributed by atoms with Gasteiger partial charge < -0.3 is 20.9 Å². The fourth-order valence-electron chi connectivity index (χ4n) is 4.51. The zero-order chi connectivity index (χ0) is 25.1. The lowest BCUT2D eigenvalue weighted by atomic mass is 9.70. The number of amidine groups is 1. The molecular weight excluding hydrogens is 475 g/mol. The van der Waals surface area contributed by atoms with Crippen molar-refractivity contribution >= 4 is 18.1 Å². The molecule has 0 saturated heterocycles. The topological polar surface area (TPSA) is 105 Å². The first-order valence-electron chi connectivity index (χ1n) is 11.0. The summed E-state index contributed by atoms with van der Waals surface area (Å²) in [4.78, 5) is 11.1. The van der Waals surface area contributed by atoms with Gasteiger partial charge in [0.05, 0.1) is 37.6 Å². The number of nitrogens with zero attached hydrogens (tertiary/aromatic N) is 3. The Bertz CT molecular complexity index is 807. The van der Waals surface area contributed by atoms with Gasteiger partial charge in [-0.25, -0.2) is 13.8 Å². The predicted molar refractivity (Wildman–Crippen MR) is 111 cm³/mol. The molecule has 1 saturated carbocycles. The summed E-state index contributed by atoms with van der Waals surface area (Å²) in [5, 5.41) is 13.4. The lowest BCUT2D eigenvalue weighted by Crippen LogP contribution is -2.63. The molecule has 0 aromatic heterocycles. The van der Waals surface area contributed by atoms with Crippen LogP contribution in [0, 0.1) is 11.8 Å². The first-order chi connectivity index (χ1) is 15.9. The van der Waals surface area contributed by atoms with Gasteiger partial charge in [0.1, 0.15) is 18.4 Å². The molecule has 0 amide bonds. The third kappa shape index (κ3) is 5.57. The molecule has 1 aliphatic carbocycles. The first-order valence-corrected chi connectivity index (χ1v) is 11.0. The average molecular weight is 503 g/mol. The largest absolute Gasteiger partial charge is 0.460 e. The molecule has 0 spiro atoms. The number of aliphatic imine (C=N–C) groups is 3. The Balaban J connectivity index is 1.70. The fraction of sp³-hybridized carbons (Fsp3) is 0.850. The molecule has 194 valence electrons. The van der Waals surface area contributed by atoms with Crippen LogP contribution in [-0.2, 0) is 4.74 Å². The number of hydrogen-bond donors (Lipinski definition) is 3. The average Bonchev–Trinajstić information content (AvgIpc) is 2.77. The molecule has 0 bridgehead atoms. The van der Waals surface area contributed by atoms with Crippen molar-refractivity contribution in [3.8, 4) is 0 Å². The van der Waals surface area contributed by atoms with E-state index < -0.39 is 79.7 Å². The molecule has 6 atom stereocenters. The van der Waals surface area contributed by atoms with Crippen LogP contribution in [0.2, 0.25) is 0 Å². The molecule has 3 rings (SSSR count). The Labute approximate surface area is 191 Å². The normalized spacial score (nSPS) is 33.0. The van der Waals surface area contributed by atoms with E-state index in [0.717, 1.165) is 6.34 Å². The fourth-order valence-corrected chi connectivity index (χ4v) is 4.51. The van der Waals surface area contributed by atoms with Gasteiger partial charge in [-0.1, -0.05) is 0 Å². The monoisotopic (exact) mass is 503 g/mol. The van der Waals surface area contributed by atoms with Gasteiger partial charge in [-0.3, -0.25) is 9.98 Å². The Hall–Kier alpha value is -2.12. The number of aliphatic hydroxyl groups is 1. The van der Waals surface area contributed by atoms with Crippen LogP contribution in [0.15, 0.2) is 15.0 Å². The van der Waals surface area contributed by atoms with Crippen molar-refractivity contribution in [2.75, 3.05) is 26.2 Å². The van der Waals surface area contributed by atoms with Crippen molar-refractivity contribution in [2.45, 2.75) is 68.3 Å². The molecule has 2 heterocycles. The highest BCUT2D eigenvalue weighted by atomic mass is 19.4. The minimum Gasteiger partial charge on any atom is -0.460 e. The predicted octanol–water partition coefficient (Wildman–Crippen LogP) is 2.57. The molecular formula is C20H28F7N5O2. The molecule has 1 fully saturated rings. The van der Waals surface area contributed by atoms with Gasteiger partial charge >= 0.3 is 12.1 Å². The molecule has 2 aliphatic heterocycles. The van der Waals surface area contributed by atoms with Gasteiger partial charge in [-0.05, 0) is 25.7 Å². The SMILES string of the molecule is NC=NCC(O)(C1CCC(F)CC1F)C(F)(F)C1=NCC(OC2=NCC(C(F)(F)F)CN2)CC1. The minimum atomic E-state index is -4.40. The summed E-state index contributed by atoms with van der Waals surface area (Å²) in [6.07, 6.45) is -9.22. The van der Waals surface area contributed by atoms with Gasteiger partial charge in [0.25, 0.3) is 6.02 Å². The number of nitrogens with two attached hydrogens (primary N) is 1. The van der Waals surface area contributed by atoms with Crippen LogP contribution in [-0.4, -0.2) is 85.5 Å². The van der Waals surface area contributed by atoms with E-state index in [-0.39, 0.29) is 38.2 Å². The molecule has 3 aliphatic rings. The summed E-state index contributed by atoms with van der Waals surface area (Å²) in [7, 11) is 0. The minimum absolute atomic E-state index is 0.0182. The first kappa shape index (κ1) is 26.5. The van der Waals surface area contributed by atoms with Crippen molar-refractivity contribution in [1.82, 2.24) is 5.32 Å². The van der Waals surface area contributed by atoms with Crippen LogP contribution in [0.25, 0.3) is 0 Å². The van der Waals surface area contributed by atoms with Gasteiger partial charge in [-0.15, -0.1) is 0 Å². The molecule has 0 aromatic carbocycles. The van der Waals surface area contributed by atoms with Crippen LogP contribution in [0.1, 0.15) is 32.1 Å². The summed E-state index contributed by atoms with van der Waals surface area (Å²) in [5.41, 5.74) is 1.52. The lowest BCUT2D eigenvalue weighted by Gasteiger charge is -2.45. The number of halogens is 7. The lowest BCUT2D eigenvalue weighted by molar-refractivity contribution is -0.184. The molecule has 0 radical (unpaired) electrons. The van der Waals surface area contributed by atoms with E-state index in [0.29, 0.717) is 0 Å². The van der Waals surface area contributed by atoms with Crippen LogP contribution in [0.3, 0.4) is 0 Å². The second kappa shape index (κ2) is 10.2. The zero-order valence-electron chi connectivity index (χ0n) is 18.2. The van der Waals surface area contributed by atoms with E-state index >= 15 is 8.78 Å². The molecule has 34 heavy (non-hydrogen) atoms. The van der Waals surface area contributed by atoms with Crippen molar-refractivity contribution < 1.29 is 40.6 Å². The van der Waals surface area contributed by atoms with Gasteiger partial charge in [0, 0.05) is 18.9 Å². The summed E-state index contributed by atoms with van der Waals surface area (Å²) in [6.45, 7) is -2.08. The summed E-state index contributed by atoms with van der Waals surface area (Å²) < 4.78 is 103. The number of ether oxygens (including phenoxy) is 1. The third-order valence-corrected chi connectivity index (χ3v) is 6.55. The quantitative estimate of drug-likeness (QED) is 0.295. The van der Waals surface area contributed by atoms with Gasteiger partial charge in [0.2, 0.25) is 0 Å². The molecule has 4 N–H and O–H groups in total. The number of nitrogens with one attached hydrogen (secondary N) is 1. The number of rotatable bonds is 6. The van der Waals surface area contributed by atoms with E-state index in [1.807, 2.05) is 0 Å². The maximum absolute atomic E-state index is 15.5. The molecule has 14 heteroatoms. The summed E-state index contributed by atoms with van der Waals surface area (Å²) >= 11 is 0. The summed E-state index contributed by atoms with van der Waals surface area (Å²) in [6, 6.07) is -0.118. The van der Waals surface area contributed by atoms with Crippen molar-refractivity contribution in [3.05, 3.63) is 0 Å². The Morgan fingerprint density at radius 3 is 2.38 bits per heavy atom. The molecule has 7 nitrogen and oxygen atoms in total. The summed E-state index contributed by atoms with van der Waals surface area (Å²) in [5.74, 6) is -7.20. The Morgan fingerprint density at radius 2 is 1.85 bits per heavy atom. The Kier molecular flexibility index (Phi) is 7.98. The van der Waals surface area contributed by atoms with Crippen molar-refractivity contribution in [3.63, 3.8) is 0 Å². The number of alkyl halides is 7. The van der Waals surface area contributed by atoms with Crippen LogP contribution in [0.5, 0.6) is 0 Å². The van der Waals surface area contributed by atoms with E-state index in [2.05, 4.69) is 20.3 Å². The highest BCUT2D eigenvalue weighted by molar-refractivity contribution is 5.93. The van der Waals surface area contributed by atoms with Crippen LogP contribution < -0.4 is 11.1 Å². The molecule has 6 unspecified atom stereocenters. The van der Waals surface area contributed by atoms with Crippen molar-refractivity contribution in [2.24, 2.45) is 32.5 Å². The maximum atomic E-state index is 15.5. The Morgan fingerprint density at radius 1 is 1.12 bits per heavy atom. The highest BCUT2D eigenvalue weighted by Crippen LogP contribution is 2.46. The van der Waals surface area contributed by atoms with Crippen molar-refractivity contribution in [1.29, 1.82) is 0 Å². The highest BCUT2D eigenvalue weighted by Gasteiger charge is 2.62. The third-order valence-electron chi connectivity index (χ3n) is 6.55. The van der Waals surface area contributed by atoms with E-state index in [4.69, 9.17) is 10.5 Å². The van der Waals surface area contributed by atoms with Crippen LogP contribution in [0.4, 0.5) is 30.7 Å². The smallest absolute Gasteiger partial charge is 0.395 e. The van der Waals surface area contributed by atoms with E-state index in [1.165, 1.54) is 0 Å². The maximum Gasteiger partial charge on any atom is 0.395 e. The van der Waals surface area contributed by atoms with Crippen LogP contribution >= 0.6 is 0 Å². The van der Waals surface area contributed by atoms with E-state index in [1.54, 1.807) is 0 Å².